The molecule has 0 bridgehead atoms. The van der Waals surface area contributed by atoms with E-state index in [1.54, 1.807) is 0 Å². The molecule has 1 aliphatic heterocycles. The maximum absolute atomic E-state index is 13.4. The topological polar surface area (TPSA) is 117 Å². The fraction of sp³-hybridized carbons (Fsp3) is 0.467. The van der Waals surface area contributed by atoms with Crippen LogP contribution in [0.3, 0.4) is 0 Å². The number of carboxylic acid groups (broad SMARTS) is 1. The number of imidazole rings is 1. The highest BCUT2D eigenvalue weighted by Crippen LogP contribution is 2.37. The minimum Gasteiger partial charge on any atom is -0.480 e. The Labute approximate surface area is 244 Å². The van der Waals surface area contributed by atoms with Gasteiger partial charge in [0, 0.05) is 30.1 Å². The molecule has 0 spiro atoms. The van der Waals surface area contributed by atoms with E-state index in [1.807, 2.05) is 36.9 Å². The molecule has 0 radical (unpaired) electrons. The number of carboxylic acids is 1. The van der Waals surface area contributed by atoms with Crippen molar-refractivity contribution in [3.8, 4) is 0 Å². The second-order valence-corrected chi connectivity index (χ2v) is 11.2. The first kappa shape index (κ1) is 30.5. The van der Waals surface area contributed by atoms with Gasteiger partial charge in [0.2, 0.25) is 11.9 Å². The van der Waals surface area contributed by atoms with Crippen LogP contribution in [0.5, 0.6) is 0 Å². The normalized spacial score (nSPS) is 21.0. The summed E-state index contributed by atoms with van der Waals surface area (Å²) in [5, 5.41) is 15.6. The number of carbonyl (C=O) groups is 3. The fourth-order valence-electron chi connectivity index (χ4n) is 6.00. The number of amides is 2. The molecule has 11 heteroatoms. The number of nitrogens with zero attached hydrogens (tertiary/aromatic N) is 3. The van der Waals surface area contributed by atoms with Gasteiger partial charge >= 0.3 is 5.97 Å². The van der Waals surface area contributed by atoms with E-state index in [4.69, 9.17) is 4.98 Å². The van der Waals surface area contributed by atoms with Crippen LogP contribution in [-0.4, -0.2) is 56.0 Å². The Hall–Kier alpha value is -3.50. The number of hydrogen-bond donors (Lipinski definition) is 3. The zero-order chi connectivity index (χ0) is 28.4. The number of fused-ring (bicyclic) bond motifs is 1. The lowest BCUT2D eigenvalue weighted by Gasteiger charge is -2.30. The molecule has 3 N–H and O–H groups in total. The molecule has 1 saturated carbocycles. The van der Waals surface area contributed by atoms with E-state index >= 15 is 0 Å². The maximum atomic E-state index is 13.4. The highest BCUT2D eigenvalue weighted by atomic mass is 35.5. The number of anilines is 1. The first-order chi connectivity index (χ1) is 19.2. The minimum atomic E-state index is -0.798. The zero-order valence-corrected chi connectivity index (χ0v) is 24.1. The zero-order valence-electron chi connectivity index (χ0n) is 23.3. The number of aromatic nitrogens is 2. The third kappa shape index (κ3) is 6.87. The Kier molecular flexibility index (Phi) is 9.65. The Bertz CT molecular complexity index is 1400. The van der Waals surface area contributed by atoms with Crippen LogP contribution in [0.15, 0.2) is 42.5 Å². The second-order valence-electron chi connectivity index (χ2n) is 11.2. The van der Waals surface area contributed by atoms with Crippen LogP contribution < -0.4 is 10.6 Å². The van der Waals surface area contributed by atoms with Gasteiger partial charge in [-0.15, -0.1) is 12.4 Å². The highest BCUT2D eigenvalue weighted by molar-refractivity contribution is 6.04. The molecule has 1 aliphatic carbocycles. The maximum Gasteiger partial charge on any atom is 0.320 e. The van der Waals surface area contributed by atoms with Crippen LogP contribution >= 0.6 is 12.4 Å². The van der Waals surface area contributed by atoms with Crippen LogP contribution in [0.1, 0.15) is 74.3 Å². The molecule has 2 fully saturated rings. The Morgan fingerprint density at radius 2 is 1.76 bits per heavy atom. The van der Waals surface area contributed by atoms with Gasteiger partial charge in [-0.2, -0.15) is 0 Å². The van der Waals surface area contributed by atoms with Crippen LogP contribution in [0.4, 0.5) is 10.3 Å². The second kappa shape index (κ2) is 13.0. The summed E-state index contributed by atoms with van der Waals surface area (Å²) in [6.07, 6.45) is 4.44. The standard InChI is InChI=1S/C30H36FN5O4.ClH/c1-18(2)32-27(37)21-8-12-23(13-9-21)36-26-16-19(17-35-15-3-4-25(35)29(39)40)5-14-24(26)33-30(36)34-28(38)20-6-10-22(31)11-7-20;/h5-7,10-11,14,16,18,21,23,25H,3-4,8-9,12-13,15,17H2,1-2H3,(H,32,37)(H,39,40)(H,33,34,38);1H. The quantitative estimate of drug-likeness (QED) is 0.336. The minimum absolute atomic E-state index is 0. The predicted octanol–water partition coefficient (Wildman–Crippen LogP) is 5.15. The number of likely N-dealkylation sites (tertiary alicyclic amines) is 1. The fourth-order valence-corrected chi connectivity index (χ4v) is 6.00. The lowest BCUT2D eigenvalue weighted by atomic mass is 9.85. The molecule has 9 nitrogen and oxygen atoms in total. The summed E-state index contributed by atoms with van der Waals surface area (Å²) in [7, 11) is 0. The first-order valence-electron chi connectivity index (χ1n) is 14.0. The van der Waals surface area contributed by atoms with Crippen molar-refractivity contribution in [1.82, 2.24) is 19.8 Å². The van der Waals surface area contributed by atoms with Gasteiger partial charge in [0.1, 0.15) is 11.9 Å². The van der Waals surface area contributed by atoms with E-state index in [9.17, 15) is 23.9 Å². The number of hydrogen-bond acceptors (Lipinski definition) is 5. The largest absolute Gasteiger partial charge is 0.480 e. The van der Waals surface area contributed by atoms with Gasteiger partial charge in [-0.1, -0.05) is 6.07 Å². The van der Waals surface area contributed by atoms with Gasteiger partial charge in [-0.3, -0.25) is 24.6 Å². The summed E-state index contributed by atoms with van der Waals surface area (Å²) in [4.78, 5) is 44.1. The predicted molar refractivity (Wildman–Crippen MR) is 157 cm³/mol. The molecule has 1 unspecified atom stereocenters. The summed E-state index contributed by atoms with van der Waals surface area (Å²) in [5.74, 6) is -1.17. The van der Waals surface area contributed by atoms with Crippen molar-refractivity contribution in [3.05, 3.63) is 59.4 Å². The van der Waals surface area contributed by atoms with Gasteiger partial charge in [0.25, 0.3) is 5.91 Å². The molecule has 1 saturated heterocycles. The van der Waals surface area contributed by atoms with Crippen molar-refractivity contribution in [2.24, 2.45) is 5.92 Å². The van der Waals surface area contributed by atoms with Gasteiger partial charge in [-0.05, 0) is 101 Å². The SMILES string of the molecule is CC(C)NC(=O)C1CCC(n2c(NC(=O)c3ccc(F)cc3)nc3ccc(CN4CCCC4C(=O)O)cc32)CC1.Cl. The Morgan fingerprint density at radius 1 is 1.05 bits per heavy atom. The van der Waals surface area contributed by atoms with Crippen LogP contribution in [0.25, 0.3) is 11.0 Å². The Morgan fingerprint density at radius 3 is 2.41 bits per heavy atom. The van der Waals surface area contributed by atoms with Crippen LogP contribution in [0.2, 0.25) is 0 Å². The highest BCUT2D eigenvalue weighted by Gasteiger charge is 2.32. The van der Waals surface area contributed by atoms with E-state index in [2.05, 4.69) is 15.2 Å². The van der Waals surface area contributed by atoms with E-state index in [1.165, 1.54) is 24.3 Å². The van der Waals surface area contributed by atoms with Crippen molar-refractivity contribution in [1.29, 1.82) is 0 Å². The average Bonchev–Trinajstić information content (AvgIpc) is 3.53. The van der Waals surface area contributed by atoms with E-state index in [-0.39, 0.29) is 42.2 Å². The summed E-state index contributed by atoms with van der Waals surface area (Å²) in [5.41, 5.74) is 2.87. The van der Waals surface area contributed by atoms with E-state index in [0.29, 0.717) is 30.0 Å². The molecule has 3 aromatic rings. The molecule has 2 aliphatic rings. The van der Waals surface area contributed by atoms with Gasteiger partial charge in [-0.25, -0.2) is 9.37 Å². The number of halogens is 2. The van der Waals surface area contributed by atoms with Crippen molar-refractivity contribution in [2.75, 3.05) is 11.9 Å². The van der Waals surface area contributed by atoms with Crippen molar-refractivity contribution < 1.29 is 23.9 Å². The van der Waals surface area contributed by atoms with Crippen molar-refractivity contribution >= 4 is 47.2 Å². The number of nitrogens with one attached hydrogen (secondary N) is 2. The monoisotopic (exact) mass is 585 g/mol. The van der Waals surface area contributed by atoms with Gasteiger partial charge < -0.3 is 15.0 Å². The van der Waals surface area contributed by atoms with Crippen molar-refractivity contribution in [3.63, 3.8) is 0 Å². The number of benzene rings is 2. The molecule has 1 atom stereocenters. The summed E-state index contributed by atoms with van der Waals surface area (Å²) in [6, 6.07) is 10.9. The lowest BCUT2D eigenvalue weighted by molar-refractivity contribution is -0.142. The molecule has 5 rings (SSSR count). The third-order valence-corrected chi connectivity index (χ3v) is 7.98. The molecule has 2 amide bonds. The molecule has 1 aromatic heterocycles. The molecule has 41 heavy (non-hydrogen) atoms. The smallest absolute Gasteiger partial charge is 0.320 e. The lowest BCUT2D eigenvalue weighted by Crippen LogP contribution is -2.37. The van der Waals surface area contributed by atoms with E-state index in [0.717, 1.165) is 49.7 Å². The number of carbonyl (C=O) groups excluding carboxylic acids is 2. The summed E-state index contributed by atoms with van der Waals surface area (Å²) < 4.78 is 15.5. The Balaban J connectivity index is 0.00000387. The molecule has 2 heterocycles. The van der Waals surface area contributed by atoms with E-state index < -0.39 is 17.8 Å². The molecular weight excluding hydrogens is 549 g/mol. The number of rotatable bonds is 8. The van der Waals surface area contributed by atoms with Crippen molar-refractivity contribution in [2.45, 2.75) is 77.0 Å². The van der Waals surface area contributed by atoms with Crippen LogP contribution in [-0.2, 0) is 16.1 Å². The summed E-state index contributed by atoms with van der Waals surface area (Å²) in [6.45, 7) is 5.15. The number of aliphatic carboxylic acids is 1. The van der Waals surface area contributed by atoms with Crippen LogP contribution in [0, 0.1) is 11.7 Å². The van der Waals surface area contributed by atoms with Gasteiger partial charge in [0.05, 0.1) is 11.0 Å². The third-order valence-electron chi connectivity index (χ3n) is 7.98. The molecule has 2 aromatic carbocycles. The molecular formula is C30H37ClFN5O4. The average molecular weight is 586 g/mol. The van der Waals surface area contributed by atoms with Gasteiger partial charge in [0.15, 0.2) is 0 Å². The summed E-state index contributed by atoms with van der Waals surface area (Å²) >= 11 is 0. The molecule has 220 valence electrons. The first-order valence-corrected chi connectivity index (χ1v) is 14.0.